The zero-order chi connectivity index (χ0) is 10.6. The predicted molar refractivity (Wildman–Crippen MR) is 53.2 cm³/mol. The molecule has 0 saturated heterocycles. The van der Waals surface area contributed by atoms with Crippen molar-refractivity contribution in [1.29, 1.82) is 0 Å². The summed E-state index contributed by atoms with van der Waals surface area (Å²) >= 11 is 0. The van der Waals surface area contributed by atoms with Gasteiger partial charge in [0, 0.05) is 26.0 Å². The van der Waals surface area contributed by atoms with Crippen molar-refractivity contribution in [2.75, 3.05) is 13.2 Å². The first-order valence-electron chi connectivity index (χ1n) is 4.85. The molecule has 0 bridgehead atoms. The second-order valence-electron chi connectivity index (χ2n) is 3.54. The average Bonchev–Trinajstić information content (AvgIpc) is 2.08. The fraction of sp³-hybridized carbons (Fsp3) is 0.700. The molecule has 0 unspecified atom stereocenters. The highest BCUT2D eigenvalue weighted by Crippen LogP contribution is 2.34. The van der Waals surface area contributed by atoms with Gasteiger partial charge in [0.15, 0.2) is 0 Å². The quantitative estimate of drug-likeness (QED) is 0.621. The number of hydrogen-bond acceptors (Lipinski definition) is 3. The lowest BCUT2D eigenvalue weighted by molar-refractivity contribution is -0.157. The standard InChI is InChI=1S/C10H17NO3/c1-3-5-11-10(9(12)13)6-8(7-10)14-4-2/h3,8,11H,1,4-7H2,2H3,(H,12,13). The highest BCUT2D eigenvalue weighted by molar-refractivity contribution is 5.80. The van der Waals surface area contributed by atoms with Crippen LogP contribution in [-0.4, -0.2) is 35.9 Å². The second-order valence-corrected chi connectivity index (χ2v) is 3.54. The maximum Gasteiger partial charge on any atom is 0.324 e. The number of nitrogens with one attached hydrogen (secondary N) is 1. The van der Waals surface area contributed by atoms with Crippen molar-refractivity contribution in [3.63, 3.8) is 0 Å². The van der Waals surface area contributed by atoms with Crippen molar-refractivity contribution in [2.24, 2.45) is 0 Å². The molecule has 0 aliphatic heterocycles. The van der Waals surface area contributed by atoms with Crippen molar-refractivity contribution in [3.05, 3.63) is 12.7 Å². The molecule has 1 fully saturated rings. The molecule has 0 aromatic heterocycles. The molecule has 0 spiro atoms. The maximum absolute atomic E-state index is 11.0. The van der Waals surface area contributed by atoms with Crippen molar-refractivity contribution in [2.45, 2.75) is 31.4 Å². The van der Waals surface area contributed by atoms with Crippen LogP contribution in [0.3, 0.4) is 0 Å². The average molecular weight is 199 g/mol. The molecule has 1 aliphatic carbocycles. The van der Waals surface area contributed by atoms with Crippen LogP contribution in [0.5, 0.6) is 0 Å². The van der Waals surface area contributed by atoms with Crippen molar-refractivity contribution in [3.8, 4) is 0 Å². The number of aliphatic carboxylic acids is 1. The molecule has 0 radical (unpaired) electrons. The summed E-state index contributed by atoms with van der Waals surface area (Å²) in [6.07, 6.45) is 2.85. The van der Waals surface area contributed by atoms with Gasteiger partial charge in [-0.05, 0) is 6.92 Å². The van der Waals surface area contributed by atoms with Crippen LogP contribution in [0.4, 0.5) is 0 Å². The van der Waals surface area contributed by atoms with Crippen LogP contribution in [0.2, 0.25) is 0 Å². The number of rotatable bonds is 6. The summed E-state index contributed by atoms with van der Waals surface area (Å²) < 4.78 is 5.33. The molecule has 0 heterocycles. The highest BCUT2D eigenvalue weighted by Gasteiger charge is 2.50. The molecule has 1 rings (SSSR count). The number of ether oxygens (including phenoxy) is 1. The van der Waals surface area contributed by atoms with E-state index < -0.39 is 11.5 Å². The Kier molecular flexibility index (Phi) is 3.66. The van der Waals surface area contributed by atoms with Gasteiger partial charge in [0.25, 0.3) is 0 Å². The topological polar surface area (TPSA) is 58.6 Å². The molecule has 0 amide bonds. The second kappa shape index (κ2) is 4.57. The third-order valence-corrected chi connectivity index (χ3v) is 2.55. The highest BCUT2D eigenvalue weighted by atomic mass is 16.5. The van der Waals surface area contributed by atoms with Crippen molar-refractivity contribution in [1.82, 2.24) is 5.32 Å². The van der Waals surface area contributed by atoms with E-state index in [1.807, 2.05) is 6.92 Å². The Hall–Kier alpha value is -0.870. The molecular formula is C10H17NO3. The number of hydrogen-bond donors (Lipinski definition) is 2. The fourth-order valence-electron chi connectivity index (χ4n) is 1.73. The van der Waals surface area contributed by atoms with Crippen LogP contribution in [0.25, 0.3) is 0 Å². The summed E-state index contributed by atoms with van der Waals surface area (Å²) in [5, 5.41) is 12.0. The lowest BCUT2D eigenvalue weighted by atomic mass is 9.74. The zero-order valence-electron chi connectivity index (χ0n) is 8.45. The predicted octanol–water partition coefficient (Wildman–Crippen LogP) is 0.784. The van der Waals surface area contributed by atoms with Crippen LogP contribution in [-0.2, 0) is 9.53 Å². The minimum absolute atomic E-state index is 0.0911. The molecule has 14 heavy (non-hydrogen) atoms. The Labute approximate surface area is 83.9 Å². The summed E-state index contributed by atoms with van der Waals surface area (Å²) in [7, 11) is 0. The number of carbonyl (C=O) groups is 1. The summed E-state index contributed by atoms with van der Waals surface area (Å²) in [4.78, 5) is 11.0. The van der Waals surface area contributed by atoms with Gasteiger partial charge < -0.3 is 9.84 Å². The Morgan fingerprint density at radius 1 is 1.79 bits per heavy atom. The first-order valence-corrected chi connectivity index (χ1v) is 4.85. The largest absolute Gasteiger partial charge is 0.480 e. The fourth-order valence-corrected chi connectivity index (χ4v) is 1.73. The van der Waals surface area contributed by atoms with Gasteiger partial charge >= 0.3 is 5.97 Å². The Morgan fingerprint density at radius 3 is 2.86 bits per heavy atom. The Bertz CT molecular complexity index is 221. The molecule has 1 saturated carbocycles. The SMILES string of the molecule is C=CCNC1(C(=O)O)CC(OCC)C1. The zero-order valence-corrected chi connectivity index (χ0v) is 8.45. The van der Waals surface area contributed by atoms with Crippen LogP contribution < -0.4 is 5.32 Å². The van der Waals surface area contributed by atoms with Gasteiger partial charge in [-0.2, -0.15) is 0 Å². The molecular weight excluding hydrogens is 182 g/mol. The number of carboxylic acids is 1. The summed E-state index contributed by atoms with van der Waals surface area (Å²) in [6, 6.07) is 0. The van der Waals surface area contributed by atoms with E-state index in [2.05, 4.69) is 11.9 Å². The van der Waals surface area contributed by atoms with E-state index in [9.17, 15) is 4.79 Å². The van der Waals surface area contributed by atoms with E-state index >= 15 is 0 Å². The molecule has 0 atom stereocenters. The Balaban J connectivity index is 2.44. The number of carboxylic acid groups (broad SMARTS) is 1. The monoisotopic (exact) mass is 199 g/mol. The van der Waals surface area contributed by atoms with Gasteiger partial charge in [-0.3, -0.25) is 10.1 Å². The summed E-state index contributed by atoms with van der Waals surface area (Å²) in [5.74, 6) is -0.796. The normalized spacial score (nSPS) is 30.8. The lowest BCUT2D eigenvalue weighted by Gasteiger charge is -2.44. The van der Waals surface area contributed by atoms with Crippen molar-refractivity contribution >= 4 is 5.97 Å². The smallest absolute Gasteiger partial charge is 0.324 e. The molecule has 1 aliphatic rings. The summed E-state index contributed by atoms with van der Waals surface area (Å²) in [6.45, 7) is 6.62. The summed E-state index contributed by atoms with van der Waals surface area (Å²) in [5.41, 5.74) is -0.784. The molecule has 80 valence electrons. The van der Waals surface area contributed by atoms with Crippen LogP contribution in [0, 0.1) is 0 Å². The van der Waals surface area contributed by atoms with E-state index in [0.717, 1.165) is 0 Å². The minimum Gasteiger partial charge on any atom is -0.480 e. The first kappa shape index (κ1) is 11.2. The Morgan fingerprint density at radius 2 is 2.43 bits per heavy atom. The van der Waals surface area contributed by atoms with Crippen molar-refractivity contribution < 1.29 is 14.6 Å². The maximum atomic E-state index is 11.0. The molecule has 4 nitrogen and oxygen atoms in total. The van der Waals surface area contributed by atoms with Gasteiger partial charge in [-0.15, -0.1) is 6.58 Å². The third-order valence-electron chi connectivity index (χ3n) is 2.55. The van der Waals surface area contributed by atoms with Crippen LogP contribution >= 0.6 is 0 Å². The molecule has 0 aromatic rings. The minimum atomic E-state index is -0.796. The molecule has 2 N–H and O–H groups in total. The van der Waals surface area contributed by atoms with Gasteiger partial charge in [0.2, 0.25) is 0 Å². The van der Waals surface area contributed by atoms with Gasteiger partial charge in [0.1, 0.15) is 5.54 Å². The molecule has 4 heteroatoms. The third kappa shape index (κ3) is 2.13. The molecule has 0 aromatic carbocycles. The van der Waals surface area contributed by atoms with Crippen LogP contribution in [0.15, 0.2) is 12.7 Å². The van der Waals surface area contributed by atoms with Gasteiger partial charge in [0.05, 0.1) is 6.10 Å². The van der Waals surface area contributed by atoms with Crippen LogP contribution in [0.1, 0.15) is 19.8 Å². The van der Waals surface area contributed by atoms with E-state index in [-0.39, 0.29) is 6.10 Å². The van der Waals surface area contributed by atoms with E-state index in [0.29, 0.717) is 26.0 Å². The first-order chi connectivity index (χ1) is 6.64. The van der Waals surface area contributed by atoms with E-state index in [1.165, 1.54) is 0 Å². The van der Waals surface area contributed by atoms with E-state index in [1.54, 1.807) is 6.08 Å². The van der Waals surface area contributed by atoms with E-state index in [4.69, 9.17) is 9.84 Å². The van der Waals surface area contributed by atoms with Gasteiger partial charge in [-0.1, -0.05) is 6.08 Å². The van der Waals surface area contributed by atoms with Gasteiger partial charge in [-0.25, -0.2) is 0 Å². The lowest BCUT2D eigenvalue weighted by Crippen LogP contribution is -2.63.